The minimum atomic E-state index is -6.28. The van der Waals surface area contributed by atoms with E-state index in [1.165, 1.54) is 13.8 Å². The van der Waals surface area contributed by atoms with Crippen LogP contribution in [0.4, 0.5) is 0 Å². The molecule has 0 aliphatic rings. The van der Waals surface area contributed by atoms with Crippen molar-refractivity contribution in [1.29, 1.82) is 0 Å². The fraction of sp³-hybridized carbons (Fsp3) is 0.400. The Balaban J connectivity index is 4.23. The highest BCUT2D eigenvalue weighted by atomic mass is 31.3. The molecule has 1 aromatic rings. The molecule has 0 aromatic heterocycles. The summed E-state index contributed by atoms with van der Waals surface area (Å²) in [5.74, 6) is 0. The van der Waals surface area contributed by atoms with Crippen LogP contribution in [0.3, 0.4) is 0 Å². The van der Waals surface area contributed by atoms with Gasteiger partial charge >= 0.3 is 30.4 Å². The van der Waals surface area contributed by atoms with Gasteiger partial charge in [0, 0.05) is 0 Å². The van der Waals surface area contributed by atoms with Crippen molar-refractivity contribution >= 4 is 30.4 Å². The third-order valence-corrected chi connectivity index (χ3v) is 12.3. The molecule has 0 bridgehead atoms. The molecule has 0 radical (unpaired) electrons. The molecule has 0 amide bonds. The summed E-state index contributed by atoms with van der Waals surface area (Å²) in [7, 11) is -23.8. The van der Waals surface area contributed by atoms with Crippen LogP contribution in [0.2, 0.25) is 0 Å². The summed E-state index contributed by atoms with van der Waals surface area (Å²) < 4.78 is 43.0. The SMILES string of the molecule is Cc1cc(CP(=O)(O)O)c(C(P(=O)(O)O)(P(=O)(O)O)P(=O)(O)O)cc1C. The lowest BCUT2D eigenvalue weighted by Gasteiger charge is -2.36. The van der Waals surface area contributed by atoms with Gasteiger partial charge in [0.25, 0.3) is 4.64 Å². The van der Waals surface area contributed by atoms with Gasteiger partial charge in [-0.25, -0.2) is 0 Å². The molecule has 1 rings (SSSR count). The minimum Gasteiger partial charge on any atom is -0.324 e. The van der Waals surface area contributed by atoms with Crippen molar-refractivity contribution < 1.29 is 57.4 Å². The van der Waals surface area contributed by atoms with Crippen LogP contribution in [0.25, 0.3) is 0 Å². The smallest absolute Gasteiger partial charge is 0.324 e. The van der Waals surface area contributed by atoms with Gasteiger partial charge < -0.3 is 39.1 Å². The Labute approximate surface area is 147 Å². The van der Waals surface area contributed by atoms with Gasteiger partial charge in [0.1, 0.15) is 0 Å². The molecule has 12 nitrogen and oxygen atoms in total. The van der Waals surface area contributed by atoms with Gasteiger partial charge in [-0.3, -0.25) is 18.3 Å². The number of hydrogen-bond acceptors (Lipinski definition) is 4. The first-order valence-corrected chi connectivity index (χ1v) is 13.2. The fourth-order valence-corrected chi connectivity index (χ4v) is 8.86. The molecular weight excluding hydrogens is 436 g/mol. The first-order chi connectivity index (χ1) is 11.3. The molecule has 1 aromatic carbocycles. The predicted molar refractivity (Wildman–Crippen MR) is 89.5 cm³/mol. The quantitative estimate of drug-likeness (QED) is 0.277. The topological polar surface area (TPSA) is 230 Å². The number of aryl methyl sites for hydroxylation is 2. The summed E-state index contributed by atoms with van der Waals surface area (Å²) in [5.41, 5.74) is -1.46. The summed E-state index contributed by atoms with van der Waals surface area (Å²) in [6.45, 7) is 2.75. The van der Waals surface area contributed by atoms with Gasteiger partial charge in [-0.2, -0.15) is 0 Å². The monoisotopic (exact) mass is 454 g/mol. The highest BCUT2D eigenvalue weighted by molar-refractivity contribution is 7.87. The Hall–Kier alpha value is -0.180. The molecule has 0 aliphatic carbocycles. The molecule has 8 N–H and O–H groups in total. The summed E-state index contributed by atoms with van der Waals surface area (Å²) in [5, 5.41) is 0. The Kier molecular flexibility index (Phi) is 6.43. The van der Waals surface area contributed by atoms with Crippen molar-refractivity contribution in [3.8, 4) is 0 Å². The maximum Gasteiger partial charge on any atom is 0.360 e. The molecule has 0 fully saturated rings. The Morgan fingerprint density at radius 2 is 1.08 bits per heavy atom. The molecule has 26 heavy (non-hydrogen) atoms. The highest BCUT2D eigenvalue weighted by Gasteiger charge is 2.73. The molecule has 0 unspecified atom stereocenters. The molecule has 0 spiro atoms. The van der Waals surface area contributed by atoms with Crippen molar-refractivity contribution in [1.82, 2.24) is 0 Å². The Morgan fingerprint density at radius 1 is 0.731 bits per heavy atom. The lowest BCUT2D eigenvalue weighted by molar-refractivity contribution is 0.300. The molecule has 0 aliphatic heterocycles. The highest BCUT2D eigenvalue weighted by Crippen LogP contribution is 2.88. The van der Waals surface area contributed by atoms with Gasteiger partial charge in [0.15, 0.2) is 0 Å². The van der Waals surface area contributed by atoms with Crippen LogP contribution in [0.5, 0.6) is 0 Å². The van der Waals surface area contributed by atoms with Crippen molar-refractivity contribution in [2.75, 3.05) is 0 Å². The molecule has 0 saturated carbocycles. The van der Waals surface area contributed by atoms with E-state index in [9.17, 15) is 47.6 Å². The average Bonchev–Trinajstić information content (AvgIpc) is 2.28. The summed E-state index contributed by atoms with van der Waals surface area (Å²) in [6, 6.07) is 1.66. The number of benzene rings is 1. The standard InChI is InChI=1S/C10H18O12P4/c1-6-3-8(5-23(11,12)13)9(4-7(6)2)10(24(14,15)16,25(17,18)19)26(20,21)22/h3-4H,5H2,1-2H3,(H2,11,12,13)(H2,14,15,16)(H2,17,18,19)(H2,20,21,22). The van der Waals surface area contributed by atoms with Gasteiger partial charge in [0.05, 0.1) is 6.16 Å². The maximum atomic E-state index is 12.0. The second-order valence-corrected chi connectivity index (χ2v) is 13.7. The predicted octanol–water partition coefficient (Wildman–Crippen LogP) is 0.625. The van der Waals surface area contributed by atoms with Gasteiger partial charge in [-0.05, 0) is 36.1 Å². The zero-order valence-electron chi connectivity index (χ0n) is 13.4. The largest absolute Gasteiger partial charge is 0.360 e. The second kappa shape index (κ2) is 7.01. The minimum absolute atomic E-state index is 0.134. The van der Waals surface area contributed by atoms with E-state index >= 15 is 0 Å². The molecule has 150 valence electrons. The van der Waals surface area contributed by atoms with E-state index in [4.69, 9.17) is 9.79 Å². The zero-order chi connectivity index (χ0) is 20.9. The lowest BCUT2D eigenvalue weighted by Crippen LogP contribution is -2.28. The van der Waals surface area contributed by atoms with E-state index < -0.39 is 52.3 Å². The van der Waals surface area contributed by atoms with E-state index in [1.807, 2.05) is 0 Å². The summed E-state index contributed by atoms with van der Waals surface area (Å²) in [6.07, 6.45) is -1.24. The summed E-state index contributed by atoms with van der Waals surface area (Å²) in [4.78, 5) is 75.7. The van der Waals surface area contributed by atoms with E-state index in [1.54, 1.807) is 0 Å². The van der Waals surface area contributed by atoms with E-state index in [2.05, 4.69) is 0 Å². The lowest BCUT2D eigenvalue weighted by atomic mass is 10.0. The van der Waals surface area contributed by atoms with Crippen LogP contribution < -0.4 is 0 Å². The van der Waals surface area contributed by atoms with Crippen molar-refractivity contribution in [2.24, 2.45) is 0 Å². The third-order valence-electron chi connectivity index (χ3n) is 3.68. The first-order valence-electron chi connectivity index (χ1n) is 6.58. The van der Waals surface area contributed by atoms with Crippen LogP contribution in [0, 0.1) is 13.8 Å². The molecule has 0 atom stereocenters. The van der Waals surface area contributed by atoms with E-state index in [0.29, 0.717) is 11.6 Å². The van der Waals surface area contributed by atoms with Gasteiger partial charge in [-0.15, -0.1) is 0 Å². The van der Waals surface area contributed by atoms with Gasteiger partial charge in [-0.1, -0.05) is 12.1 Å². The molecule has 0 saturated heterocycles. The molecule has 0 heterocycles. The second-order valence-electron chi connectivity index (χ2n) is 5.68. The first kappa shape index (κ1) is 23.9. The molecule has 16 heteroatoms. The average molecular weight is 454 g/mol. The number of rotatable bonds is 6. The van der Waals surface area contributed by atoms with Crippen LogP contribution in [-0.4, -0.2) is 39.1 Å². The summed E-state index contributed by atoms with van der Waals surface area (Å²) >= 11 is 0. The number of hydrogen-bond donors (Lipinski definition) is 8. The van der Waals surface area contributed by atoms with Crippen LogP contribution in [0.15, 0.2) is 12.1 Å². The van der Waals surface area contributed by atoms with Crippen LogP contribution >= 0.6 is 30.4 Å². The maximum absolute atomic E-state index is 12.0. The Morgan fingerprint density at radius 3 is 1.38 bits per heavy atom. The fourth-order valence-electron chi connectivity index (χ4n) is 2.52. The van der Waals surface area contributed by atoms with Crippen molar-refractivity contribution in [3.05, 3.63) is 34.4 Å². The van der Waals surface area contributed by atoms with Crippen molar-refractivity contribution in [3.63, 3.8) is 0 Å². The zero-order valence-corrected chi connectivity index (χ0v) is 16.9. The van der Waals surface area contributed by atoms with Crippen LogP contribution in [0.1, 0.15) is 22.3 Å². The van der Waals surface area contributed by atoms with E-state index in [-0.39, 0.29) is 5.56 Å². The van der Waals surface area contributed by atoms with E-state index in [0.717, 1.165) is 6.07 Å². The molecular formula is C10H18O12P4. The third kappa shape index (κ3) is 4.28. The van der Waals surface area contributed by atoms with Gasteiger partial charge in [0.2, 0.25) is 0 Å². The Bertz CT molecular complexity index is 844. The van der Waals surface area contributed by atoms with Crippen molar-refractivity contribution in [2.45, 2.75) is 24.6 Å². The van der Waals surface area contributed by atoms with Crippen LogP contribution in [-0.2, 0) is 29.1 Å². The normalized spacial score (nSPS) is 14.5.